The molecule has 0 saturated heterocycles. The predicted molar refractivity (Wildman–Crippen MR) is 102 cm³/mol. The van der Waals surface area contributed by atoms with Crippen LogP contribution in [0.15, 0.2) is 58.1 Å². The molecule has 2 aromatic heterocycles. The molecule has 1 amide bonds. The molecule has 3 N–H and O–H groups in total. The first-order valence-electron chi connectivity index (χ1n) is 8.54. The van der Waals surface area contributed by atoms with E-state index in [0.717, 1.165) is 21.4 Å². The van der Waals surface area contributed by atoms with Crippen molar-refractivity contribution in [2.45, 2.75) is 13.0 Å². The van der Waals surface area contributed by atoms with Crippen LogP contribution in [-0.2, 0) is 17.8 Å². The zero-order chi connectivity index (χ0) is 18.8. The van der Waals surface area contributed by atoms with Crippen LogP contribution in [0.5, 0.6) is 0 Å². The molecular formula is C19H17N5O3. The number of imidazole rings is 1. The normalized spacial score (nSPS) is 11.1. The van der Waals surface area contributed by atoms with Crippen LogP contribution in [0.25, 0.3) is 21.9 Å². The Morgan fingerprint density at radius 1 is 1.00 bits per heavy atom. The molecule has 2 heterocycles. The molecule has 136 valence electrons. The minimum atomic E-state index is -0.605. The fourth-order valence-corrected chi connectivity index (χ4v) is 2.99. The van der Waals surface area contributed by atoms with E-state index < -0.39 is 17.2 Å². The molecule has 8 heteroatoms. The van der Waals surface area contributed by atoms with Gasteiger partial charge in [0.25, 0.3) is 5.56 Å². The van der Waals surface area contributed by atoms with Gasteiger partial charge in [-0.3, -0.25) is 14.2 Å². The summed E-state index contributed by atoms with van der Waals surface area (Å²) >= 11 is 0. The summed E-state index contributed by atoms with van der Waals surface area (Å²) in [6, 6.07) is 14.4. The first-order valence-corrected chi connectivity index (χ1v) is 8.54. The lowest BCUT2D eigenvalue weighted by molar-refractivity contribution is -0.121. The van der Waals surface area contributed by atoms with E-state index in [1.807, 2.05) is 24.3 Å². The van der Waals surface area contributed by atoms with Crippen LogP contribution >= 0.6 is 0 Å². The maximum absolute atomic E-state index is 12.4. The van der Waals surface area contributed by atoms with Crippen molar-refractivity contribution in [2.24, 2.45) is 0 Å². The smallest absolute Gasteiger partial charge is 0.329 e. The van der Waals surface area contributed by atoms with Crippen LogP contribution in [0.3, 0.4) is 0 Å². The van der Waals surface area contributed by atoms with Gasteiger partial charge >= 0.3 is 5.69 Å². The Hall–Kier alpha value is -3.68. The standard InChI is InChI=1S/C19H17N5O3/c25-17(20-10-9-16-21-14-7-3-4-8-15(14)22-16)11-24-18(26)12-5-1-2-6-13(12)23-19(24)27/h1-8H,9-11H2,(H,20,25)(H,21,22)(H,23,27). The number of aromatic amines is 2. The highest BCUT2D eigenvalue weighted by Gasteiger charge is 2.11. The molecule has 0 saturated carbocycles. The van der Waals surface area contributed by atoms with Gasteiger partial charge in [0.05, 0.1) is 21.9 Å². The Bertz CT molecular complexity index is 1220. The van der Waals surface area contributed by atoms with E-state index >= 15 is 0 Å². The van der Waals surface area contributed by atoms with E-state index in [1.54, 1.807) is 24.3 Å². The average Bonchev–Trinajstić information content (AvgIpc) is 3.08. The van der Waals surface area contributed by atoms with E-state index in [-0.39, 0.29) is 6.54 Å². The van der Waals surface area contributed by atoms with Gasteiger partial charge in [0, 0.05) is 13.0 Å². The lowest BCUT2D eigenvalue weighted by Gasteiger charge is -2.07. The first-order chi connectivity index (χ1) is 13.1. The summed E-state index contributed by atoms with van der Waals surface area (Å²) < 4.78 is 0.902. The number of nitrogens with one attached hydrogen (secondary N) is 3. The molecule has 0 aliphatic heterocycles. The van der Waals surface area contributed by atoms with Crippen molar-refractivity contribution in [3.8, 4) is 0 Å². The molecule has 0 fully saturated rings. The number of benzene rings is 2. The van der Waals surface area contributed by atoms with Crippen LogP contribution in [0, 0.1) is 0 Å². The summed E-state index contributed by atoms with van der Waals surface area (Å²) in [5, 5.41) is 3.08. The topological polar surface area (TPSA) is 113 Å². The number of hydrogen-bond acceptors (Lipinski definition) is 4. The number of nitrogens with zero attached hydrogens (tertiary/aromatic N) is 2. The maximum atomic E-state index is 12.4. The largest absolute Gasteiger partial charge is 0.354 e. The Balaban J connectivity index is 1.43. The highest BCUT2D eigenvalue weighted by atomic mass is 16.2. The maximum Gasteiger partial charge on any atom is 0.329 e. The van der Waals surface area contributed by atoms with Crippen molar-refractivity contribution < 1.29 is 4.79 Å². The number of carbonyl (C=O) groups excluding carboxylic acids is 1. The van der Waals surface area contributed by atoms with Crippen LogP contribution < -0.4 is 16.6 Å². The number of hydrogen-bond donors (Lipinski definition) is 3. The number of aromatic nitrogens is 4. The van der Waals surface area contributed by atoms with Gasteiger partial charge in [-0.15, -0.1) is 0 Å². The van der Waals surface area contributed by atoms with Gasteiger partial charge in [-0.05, 0) is 24.3 Å². The Morgan fingerprint density at radius 3 is 2.56 bits per heavy atom. The number of para-hydroxylation sites is 3. The van der Waals surface area contributed by atoms with E-state index in [1.165, 1.54) is 0 Å². The summed E-state index contributed by atoms with van der Waals surface area (Å²) in [5.41, 5.74) is 1.17. The van der Waals surface area contributed by atoms with Gasteiger partial charge in [0.2, 0.25) is 5.91 Å². The number of H-pyrrole nitrogens is 2. The summed E-state index contributed by atoms with van der Waals surface area (Å²) in [6.45, 7) is 0.0119. The summed E-state index contributed by atoms with van der Waals surface area (Å²) in [6.07, 6.45) is 0.517. The molecule has 27 heavy (non-hydrogen) atoms. The van der Waals surface area contributed by atoms with Crippen molar-refractivity contribution in [1.29, 1.82) is 0 Å². The van der Waals surface area contributed by atoms with Gasteiger partial charge in [-0.25, -0.2) is 9.78 Å². The SMILES string of the molecule is O=C(Cn1c(=O)[nH]c2ccccc2c1=O)NCCc1nc2ccccc2[nH]1. The van der Waals surface area contributed by atoms with Crippen molar-refractivity contribution in [3.05, 3.63) is 75.2 Å². The molecule has 0 aliphatic carbocycles. The zero-order valence-corrected chi connectivity index (χ0v) is 14.4. The molecule has 4 aromatic rings. The third-order valence-corrected chi connectivity index (χ3v) is 4.31. The number of amides is 1. The van der Waals surface area contributed by atoms with E-state index in [0.29, 0.717) is 23.9 Å². The quantitative estimate of drug-likeness (QED) is 0.489. The molecule has 0 unspecified atom stereocenters. The molecule has 8 nitrogen and oxygen atoms in total. The first kappa shape index (κ1) is 16.8. The second-order valence-corrected chi connectivity index (χ2v) is 6.17. The summed E-state index contributed by atoms with van der Waals surface area (Å²) in [5.74, 6) is 0.353. The van der Waals surface area contributed by atoms with E-state index in [4.69, 9.17) is 0 Å². The highest BCUT2D eigenvalue weighted by Crippen LogP contribution is 2.10. The number of rotatable bonds is 5. The summed E-state index contributed by atoms with van der Waals surface area (Å²) in [7, 11) is 0. The number of carbonyl (C=O) groups is 1. The van der Waals surface area contributed by atoms with Gasteiger partial charge in [0.1, 0.15) is 12.4 Å². The van der Waals surface area contributed by atoms with Crippen molar-refractivity contribution >= 4 is 27.8 Å². The molecule has 4 rings (SSSR count). The van der Waals surface area contributed by atoms with Crippen LogP contribution in [-0.4, -0.2) is 32.0 Å². The van der Waals surface area contributed by atoms with E-state index in [9.17, 15) is 14.4 Å². The Labute approximate surface area is 152 Å². The average molecular weight is 363 g/mol. The fraction of sp³-hybridized carbons (Fsp3) is 0.158. The fourth-order valence-electron chi connectivity index (χ4n) is 2.99. The zero-order valence-electron chi connectivity index (χ0n) is 14.4. The second-order valence-electron chi connectivity index (χ2n) is 6.17. The minimum Gasteiger partial charge on any atom is -0.354 e. The van der Waals surface area contributed by atoms with Gasteiger partial charge < -0.3 is 15.3 Å². The monoisotopic (exact) mass is 363 g/mol. The molecule has 0 spiro atoms. The Kier molecular flexibility index (Phi) is 4.29. The van der Waals surface area contributed by atoms with E-state index in [2.05, 4.69) is 20.3 Å². The third kappa shape index (κ3) is 3.37. The third-order valence-electron chi connectivity index (χ3n) is 4.31. The molecule has 2 aromatic carbocycles. The van der Waals surface area contributed by atoms with Crippen LogP contribution in [0.2, 0.25) is 0 Å². The summed E-state index contributed by atoms with van der Waals surface area (Å²) in [4.78, 5) is 46.9. The molecule has 0 atom stereocenters. The number of fused-ring (bicyclic) bond motifs is 2. The molecule has 0 radical (unpaired) electrons. The van der Waals surface area contributed by atoms with Crippen molar-refractivity contribution in [1.82, 2.24) is 24.8 Å². The molecule has 0 bridgehead atoms. The molecular weight excluding hydrogens is 346 g/mol. The second kappa shape index (κ2) is 6.91. The predicted octanol–water partition coefficient (Wildman–Crippen LogP) is 0.925. The van der Waals surface area contributed by atoms with Gasteiger partial charge in [0.15, 0.2) is 0 Å². The minimum absolute atomic E-state index is 0.334. The van der Waals surface area contributed by atoms with Crippen molar-refractivity contribution in [2.75, 3.05) is 6.54 Å². The van der Waals surface area contributed by atoms with Crippen molar-refractivity contribution in [3.63, 3.8) is 0 Å². The molecule has 0 aliphatic rings. The van der Waals surface area contributed by atoms with Gasteiger partial charge in [-0.2, -0.15) is 0 Å². The van der Waals surface area contributed by atoms with Gasteiger partial charge in [-0.1, -0.05) is 24.3 Å². The lowest BCUT2D eigenvalue weighted by atomic mass is 10.2. The van der Waals surface area contributed by atoms with Crippen LogP contribution in [0.1, 0.15) is 5.82 Å². The Morgan fingerprint density at radius 2 is 1.74 bits per heavy atom. The lowest BCUT2D eigenvalue weighted by Crippen LogP contribution is -2.41. The van der Waals surface area contributed by atoms with Crippen LogP contribution in [0.4, 0.5) is 0 Å². The highest BCUT2D eigenvalue weighted by molar-refractivity contribution is 5.79.